The molecule has 1 atom stereocenters. The van der Waals surface area contributed by atoms with E-state index in [1.165, 1.54) is 12.1 Å². The van der Waals surface area contributed by atoms with Gasteiger partial charge >= 0.3 is 0 Å². The van der Waals surface area contributed by atoms with E-state index in [1.54, 1.807) is 30.3 Å². The fourth-order valence-corrected chi connectivity index (χ4v) is 2.49. The van der Waals surface area contributed by atoms with Crippen molar-refractivity contribution < 1.29 is 9.90 Å². The lowest BCUT2D eigenvalue weighted by Crippen LogP contribution is -2.47. The van der Waals surface area contributed by atoms with E-state index in [9.17, 15) is 9.90 Å². The van der Waals surface area contributed by atoms with Gasteiger partial charge < -0.3 is 16.2 Å². The molecule has 4 N–H and O–H groups in total. The first kappa shape index (κ1) is 15.2. The maximum absolute atomic E-state index is 12.1. The molecule has 0 heterocycles. The Kier molecular flexibility index (Phi) is 4.38. The van der Waals surface area contributed by atoms with Gasteiger partial charge in [0.05, 0.1) is 0 Å². The van der Waals surface area contributed by atoms with Crippen LogP contribution in [0.25, 0.3) is 0 Å². The summed E-state index contributed by atoms with van der Waals surface area (Å²) in [5.74, 6) is -0.355. The SMILES string of the molecule is CCC(Nc1cccc(Cl)c1)(C(N)=O)c1ccc(O)cc1. The van der Waals surface area contributed by atoms with E-state index in [2.05, 4.69) is 5.32 Å². The molecule has 110 valence electrons. The van der Waals surface area contributed by atoms with E-state index >= 15 is 0 Å². The Morgan fingerprint density at radius 3 is 2.48 bits per heavy atom. The van der Waals surface area contributed by atoms with Crippen LogP contribution in [0.4, 0.5) is 5.69 Å². The minimum absolute atomic E-state index is 0.135. The van der Waals surface area contributed by atoms with Crippen LogP contribution in [-0.4, -0.2) is 11.0 Å². The number of phenols is 1. The number of nitrogens with one attached hydrogen (secondary N) is 1. The number of phenolic OH excluding ortho intramolecular Hbond substituents is 1. The molecule has 21 heavy (non-hydrogen) atoms. The molecule has 1 amide bonds. The summed E-state index contributed by atoms with van der Waals surface area (Å²) in [6.07, 6.45) is 0.458. The standard InChI is InChI=1S/C16H17ClN2O2/c1-2-16(15(18)21,11-6-8-14(20)9-7-11)19-13-5-3-4-12(17)10-13/h3-10,19-20H,2H2,1H3,(H2,18,21). The third-order valence-electron chi connectivity index (χ3n) is 3.49. The van der Waals surface area contributed by atoms with Crippen LogP contribution in [0.3, 0.4) is 0 Å². The van der Waals surface area contributed by atoms with E-state index < -0.39 is 11.4 Å². The van der Waals surface area contributed by atoms with Crippen molar-refractivity contribution in [1.29, 1.82) is 0 Å². The summed E-state index contributed by atoms with van der Waals surface area (Å²) >= 11 is 5.97. The van der Waals surface area contributed by atoms with Gasteiger partial charge in [-0.1, -0.05) is 36.7 Å². The van der Waals surface area contributed by atoms with Gasteiger partial charge in [-0.05, 0) is 42.3 Å². The van der Waals surface area contributed by atoms with Crippen molar-refractivity contribution in [2.24, 2.45) is 5.73 Å². The Morgan fingerprint density at radius 1 is 1.29 bits per heavy atom. The van der Waals surface area contributed by atoms with Crippen LogP contribution in [-0.2, 0) is 10.3 Å². The van der Waals surface area contributed by atoms with E-state index in [-0.39, 0.29) is 5.75 Å². The molecule has 5 heteroatoms. The average molecular weight is 305 g/mol. The summed E-state index contributed by atoms with van der Waals surface area (Å²) in [6.45, 7) is 1.87. The summed E-state index contributed by atoms with van der Waals surface area (Å²) in [6, 6.07) is 13.5. The number of hydrogen-bond donors (Lipinski definition) is 3. The van der Waals surface area contributed by atoms with Crippen molar-refractivity contribution in [2.45, 2.75) is 18.9 Å². The number of amides is 1. The molecule has 0 aromatic heterocycles. The highest BCUT2D eigenvalue weighted by Gasteiger charge is 2.36. The lowest BCUT2D eigenvalue weighted by atomic mass is 9.86. The number of nitrogens with two attached hydrogens (primary N) is 1. The zero-order chi connectivity index (χ0) is 15.5. The van der Waals surface area contributed by atoms with Crippen LogP contribution in [0.2, 0.25) is 5.02 Å². The molecular weight excluding hydrogens is 288 g/mol. The van der Waals surface area contributed by atoms with Crippen LogP contribution in [0.1, 0.15) is 18.9 Å². The van der Waals surface area contributed by atoms with E-state index in [4.69, 9.17) is 17.3 Å². The maximum atomic E-state index is 12.1. The fourth-order valence-electron chi connectivity index (χ4n) is 2.30. The largest absolute Gasteiger partial charge is 0.508 e. The minimum Gasteiger partial charge on any atom is -0.508 e. The molecule has 0 aliphatic rings. The second kappa shape index (κ2) is 6.06. The monoisotopic (exact) mass is 304 g/mol. The van der Waals surface area contributed by atoms with Gasteiger partial charge in [0.2, 0.25) is 5.91 Å². The third kappa shape index (κ3) is 3.11. The second-order valence-corrected chi connectivity index (χ2v) is 5.24. The van der Waals surface area contributed by atoms with Crippen molar-refractivity contribution in [2.75, 3.05) is 5.32 Å². The van der Waals surface area contributed by atoms with Gasteiger partial charge in [-0.2, -0.15) is 0 Å². The van der Waals surface area contributed by atoms with Gasteiger partial charge in [-0.25, -0.2) is 0 Å². The van der Waals surface area contributed by atoms with Crippen LogP contribution in [0.5, 0.6) is 5.75 Å². The first-order valence-electron chi connectivity index (χ1n) is 6.61. The van der Waals surface area contributed by atoms with Crippen molar-refractivity contribution in [3.05, 3.63) is 59.1 Å². The highest BCUT2D eigenvalue weighted by molar-refractivity contribution is 6.30. The van der Waals surface area contributed by atoms with E-state index in [1.807, 2.05) is 13.0 Å². The smallest absolute Gasteiger partial charge is 0.247 e. The summed E-state index contributed by atoms with van der Waals surface area (Å²) in [5.41, 5.74) is 5.98. The number of primary amides is 1. The number of aromatic hydroxyl groups is 1. The zero-order valence-corrected chi connectivity index (χ0v) is 12.4. The maximum Gasteiger partial charge on any atom is 0.247 e. The Balaban J connectivity index is 2.46. The molecule has 0 aliphatic carbocycles. The minimum atomic E-state index is -1.06. The number of rotatable bonds is 5. The first-order valence-corrected chi connectivity index (χ1v) is 6.99. The number of halogens is 1. The molecule has 0 saturated carbocycles. The molecule has 0 radical (unpaired) electrons. The van der Waals surface area contributed by atoms with Gasteiger partial charge in [-0.15, -0.1) is 0 Å². The van der Waals surface area contributed by atoms with Gasteiger partial charge in [0.1, 0.15) is 11.3 Å². The van der Waals surface area contributed by atoms with E-state index in [0.29, 0.717) is 22.7 Å². The highest BCUT2D eigenvalue weighted by Crippen LogP contribution is 2.31. The molecular formula is C16H17ClN2O2. The van der Waals surface area contributed by atoms with Gasteiger partial charge in [-0.3, -0.25) is 4.79 Å². The topological polar surface area (TPSA) is 75.3 Å². The molecule has 0 fully saturated rings. The quantitative estimate of drug-likeness (QED) is 0.793. The first-order chi connectivity index (χ1) is 9.98. The van der Waals surface area contributed by atoms with Crippen LogP contribution >= 0.6 is 11.6 Å². The number of benzene rings is 2. The molecule has 0 saturated heterocycles. The Morgan fingerprint density at radius 2 is 1.95 bits per heavy atom. The Labute approximate surface area is 128 Å². The number of carbonyl (C=O) groups excluding carboxylic acids is 1. The predicted octanol–water partition coefficient (Wildman–Crippen LogP) is 3.25. The number of anilines is 1. The fraction of sp³-hybridized carbons (Fsp3) is 0.188. The summed E-state index contributed by atoms with van der Waals surface area (Å²) in [4.78, 5) is 12.1. The molecule has 0 aliphatic heterocycles. The molecule has 1 unspecified atom stereocenters. The van der Waals surface area contributed by atoms with Crippen molar-refractivity contribution in [3.63, 3.8) is 0 Å². The van der Waals surface area contributed by atoms with Crippen LogP contribution in [0.15, 0.2) is 48.5 Å². The summed E-state index contributed by atoms with van der Waals surface area (Å²) in [5, 5.41) is 13.2. The summed E-state index contributed by atoms with van der Waals surface area (Å²) < 4.78 is 0. The van der Waals surface area contributed by atoms with Crippen molar-refractivity contribution in [1.82, 2.24) is 0 Å². The highest BCUT2D eigenvalue weighted by atomic mass is 35.5. The molecule has 2 rings (SSSR count). The molecule has 4 nitrogen and oxygen atoms in total. The predicted molar refractivity (Wildman–Crippen MR) is 84.3 cm³/mol. The van der Waals surface area contributed by atoms with E-state index in [0.717, 1.165) is 0 Å². The zero-order valence-electron chi connectivity index (χ0n) is 11.6. The Hall–Kier alpha value is -2.20. The van der Waals surface area contributed by atoms with Gasteiger partial charge in [0.15, 0.2) is 0 Å². The number of carbonyl (C=O) groups is 1. The van der Waals surface area contributed by atoms with Crippen molar-refractivity contribution >= 4 is 23.2 Å². The lowest BCUT2D eigenvalue weighted by Gasteiger charge is -2.32. The molecule has 2 aromatic rings. The van der Waals surface area contributed by atoms with Gasteiger partial charge in [0.25, 0.3) is 0 Å². The van der Waals surface area contributed by atoms with Crippen LogP contribution < -0.4 is 11.1 Å². The normalized spacial score (nSPS) is 13.4. The van der Waals surface area contributed by atoms with Crippen molar-refractivity contribution in [3.8, 4) is 5.75 Å². The Bertz CT molecular complexity index is 643. The molecule has 0 spiro atoms. The second-order valence-electron chi connectivity index (χ2n) is 4.81. The lowest BCUT2D eigenvalue weighted by molar-refractivity contribution is -0.122. The number of hydrogen-bond acceptors (Lipinski definition) is 3. The molecule has 0 bridgehead atoms. The van der Waals surface area contributed by atoms with Crippen LogP contribution in [0, 0.1) is 0 Å². The van der Waals surface area contributed by atoms with Gasteiger partial charge in [0, 0.05) is 10.7 Å². The average Bonchev–Trinajstić information content (AvgIpc) is 2.45. The molecule has 2 aromatic carbocycles. The summed E-state index contributed by atoms with van der Waals surface area (Å²) in [7, 11) is 0. The third-order valence-corrected chi connectivity index (χ3v) is 3.73.